The molecule has 0 spiro atoms. The molecule has 41 heavy (non-hydrogen) atoms. The number of hydrazine groups is 1. The summed E-state index contributed by atoms with van der Waals surface area (Å²) in [5.41, 5.74) is 0.864. The number of carboxylic acids is 1. The van der Waals surface area contributed by atoms with Gasteiger partial charge in [0.15, 0.2) is 0 Å². The van der Waals surface area contributed by atoms with Crippen molar-refractivity contribution in [3.05, 3.63) is 84.2 Å². The largest absolute Gasteiger partial charge is 0.492 e. The third-order valence-electron chi connectivity index (χ3n) is 5.22. The van der Waals surface area contributed by atoms with Crippen LogP contribution in [0.15, 0.2) is 73.1 Å². The highest BCUT2D eigenvalue weighted by atomic mass is 32.2. The predicted octanol–water partition coefficient (Wildman–Crippen LogP) is 1.65. The number of nitrogens with one attached hydrogen (secondary N) is 3. The summed E-state index contributed by atoms with van der Waals surface area (Å²) in [6, 6.07) is 16.5. The predicted molar refractivity (Wildman–Crippen MR) is 147 cm³/mol. The van der Waals surface area contributed by atoms with Gasteiger partial charge in [-0.2, -0.15) is 0 Å². The van der Waals surface area contributed by atoms with E-state index in [0.717, 1.165) is 5.56 Å². The smallest absolute Gasteiger partial charge is 0.407 e. The Labute approximate surface area is 236 Å². The number of carbonyl (C=O) groups is 3. The molecule has 0 saturated carbocycles. The zero-order valence-corrected chi connectivity index (χ0v) is 22.7. The molecular weight excluding hydrogens is 556 g/mol. The fraction of sp³-hybridized carbons (Fsp3) is 0.269. The average molecular weight is 587 g/mol. The quantitative estimate of drug-likeness (QED) is 0.141. The number of alkyl carbamates (subject to hydrolysis) is 1. The summed E-state index contributed by atoms with van der Waals surface area (Å²) in [5, 5.41) is 15.1. The van der Waals surface area contributed by atoms with E-state index in [9.17, 15) is 22.8 Å². The van der Waals surface area contributed by atoms with Gasteiger partial charge in [0.1, 0.15) is 19.0 Å². The molecule has 0 aliphatic carbocycles. The number of aromatic nitrogens is 2. The Bertz CT molecular complexity index is 1380. The van der Waals surface area contributed by atoms with Crippen molar-refractivity contribution in [2.45, 2.75) is 13.0 Å². The van der Waals surface area contributed by atoms with Gasteiger partial charge < -0.3 is 25.2 Å². The van der Waals surface area contributed by atoms with E-state index in [1.807, 2.05) is 6.07 Å². The summed E-state index contributed by atoms with van der Waals surface area (Å²) in [6.45, 7) is -0.00982. The molecular formula is C26H30N6O8S. The van der Waals surface area contributed by atoms with Crippen molar-refractivity contribution in [3.8, 4) is 5.75 Å². The number of sulfonamides is 1. The second kappa shape index (κ2) is 15.7. The number of carbonyl (C=O) groups excluding carboxylic acids is 2. The van der Waals surface area contributed by atoms with Gasteiger partial charge in [-0.05, 0) is 35.9 Å². The lowest BCUT2D eigenvalue weighted by Crippen LogP contribution is -2.49. The fourth-order valence-corrected chi connectivity index (χ4v) is 4.21. The van der Waals surface area contributed by atoms with E-state index in [-0.39, 0.29) is 25.3 Å². The van der Waals surface area contributed by atoms with E-state index >= 15 is 0 Å². The molecule has 2 aromatic carbocycles. The van der Waals surface area contributed by atoms with Crippen molar-refractivity contribution in [1.82, 2.24) is 25.1 Å². The highest BCUT2D eigenvalue weighted by molar-refractivity contribution is 7.89. The number of anilines is 1. The highest BCUT2D eigenvalue weighted by Gasteiger charge is 2.23. The average Bonchev–Trinajstić information content (AvgIpc) is 2.97. The normalized spacial score (nSPS) is 10.8. The van der Waals surface area contributed by atoms with E-state index in [0.29, 0.717) is 23.3 Å². The number of aliphatic carboxylic acids is 1. The summed E-state index contributed by atoms with van der Waals surface area (Å²) in [5.74, 6) is -1.65. The Morgan fingerprint density at radius 1 is 0.927 bits per heavy atom. The van der Waals surface area contributed by atoms with Crippen LogP contribution in [0.4, 0.5) is 10.7 Å². The summed E-state index contributed by atoms with van der Waals surface area (Å²) in [7, 11) is -4.14. The zero-order valence-electron chi connectivity index (χ0n) is 21.9. The molecule has 0 saturated heterocycles. The number of amides is 2. The van der Waals surface area contributed by atoms with Crippen molar-refractivity contribution >= 4 is 33.9 Å². The molecule has 0 radical (unpaired) electrons. The van der Waals surface area contributed by atoms with Gasteiger partial charge in [0.2, 0.25) is 16.0 Å². The van der Waals surface area contributed by atoms with Crippen LogP contribution >= 0.6 is 0 Å². The number of hydrogen-bond donors (Lipinski definition) is 4. The lowest BCUT2D eigenvalue weighted by atomic mass is 10.2. The minimum atomic E-state index is -4.14. The Kier molecular flexibility index (Phi) is 11.8. The van der Waals surface area contributed by atoms with Crippen LogP contribution in [-0.4, -0.2) is 78.5 Å². The molecule has 2 amide bonds. The van der Waals surface area contributed by atoms with Crippen LogP contribution in [-0.2, 0) is 26.2 Å². The molecule has 15 heteroatoms. The molecule has 218 valence electrons. The van der Waals surface area contributed by atoms with Crippen LogP contribution in [0.2, 0.25) is 0 Å². The maximum atomic E-state index is 13.0. The van der Waals surface area contributed by atoms with Crippen molar-refractivity contribution < 1.29 is 37.4 Å². The van der Waals surface area contributed by atoms with Crippen molar-refractivity contribution in [3.63, 3.8) is 0 Å². The molecule has 3 rings (SSSR count). The van der Waals surface area contributed by atoms with Gasteiger partial charge in [0, 0.05) is 31.0 Å². The van der Waals surface area contributed by atoms with Gasteiger partial charge in [-0.3, -0.25) is 14.6 Å². The number of hydrogen-bond acceptors (Lipinski definition) is 10. The fourth-order valence-electron chi connectivity index (χ4n) is 3.24. The number of nitrogens with zero attached hydrogens (tertiary/aromatic N) is 3. The summed E-state index contributed by atoms with van der Waals surface area (Å²) < 4.78 is 35.9. The Hall–Kier alpha value is -4.76. The topological polar surface area (TPSA) is 189 Å². The molecule has 0 aliphatic rings. The van der Waals surface area contributed by atoms with Gasteiger partial charge >= 0.3 is 12.1 Å². The molecule has 0 bridgehead atoms. The minimum Gasteiger partial charge on any atom is -0.492 e. The zero-order chi connectivity index (χ0) is 29.5. The van der Waals surface area contributed by atoms with Crippen LogP contribution in [0.1, 0.15) is 22.3 Å². The number of ether oxygens (including phenoxy) is 2. The van der Waals surface area contributed by atoms with Crippen LogP contribution in [0.25, 0.3) is 0 Å². The molecule has 0 unspecified atom stereocenters. The first-order valence-electron chi connectivity index (χ1n) is 12.4. The summed E-state index contributed by atoms with van der Waals surface area (Å²) in [6.07, 6.45) is 1.89. The first kappa shape index (κ1) is 30.8. The lowest BCUT2D eigenvalue weighted by Gasteiger charge is -2.23. The first-order chi connectivity index (χ1) is 19.7. The molecule has 0 aliphatic heterocycles. The van der Waals surface area contributed by atoms with Gasteiger partial charge in [0.05, 0.1) is 18.7 Å². The molecule has 4 N–H and O–H groups in total. The van der Waals surface area contributed by atoms with Gasteiger partial charge in [0.25, 0.3) is 5.91 Å². The van der Waals surface area contributed by atoms with Crippen LogP contribution < -0.4 is 20.2 Å². The SMILES string of the molecule is O=C(O)CCN(NS(=O)(=O)CCNC(=O)OCc1ccccc1)C(=O)c1ccc(OCCNc2ncccn2)cc1. The van der Waals surface area contributed by atoms with Crippen molar-refractivity contribution in [2.75, 3.05) is 37.3 Å². The third-order valence-corrected chi connectivity index (χ3v) is 6.46. The van der Waals surface area contributed by atoms with Gasteiger partial charge in [-0.1, -0.05) is 30.3 Å². The molecule has 3 aromatic rings. The van der Waals surface area contributed by atoms with Crippen LogP contribution in [0, 0.1) is 0 Å². The van der Waals surface area contributed by atoms with E-state index in [1.54, 1.807) is 42.7 Å². The lowest BCUT2D eigenvalue weighted by molar-refractivity contribution is -0.137. The van der Waals surface area contributed by atoms with Crippen molar-refractivity contribution in [1.29, 1.82) is 0 Å². The molecule has 0 atom stereocenters. The number of carboxylic acid groups (broad SMARTS) is 1. The van der Waals surface area contributed by atoms with E-state index in [4.69, 9.17) is 14.6 Å². The number of benzene rings is 2. The van der Waals surface area contributed by atoms with E-state index < -0.39 is 46.7 Å². The van der Waals surface area contributed by atoms with Crippen molar-refractivity contribution in [2.24, 2.45) is 0 Å². The second-order valence-electron chi connectivity index (χ2n) is 8.37. The Morgan fingerprint density at radius 3 is 2.32 bits per heavy atom. The first-order valence-corrected chi connectivity index (χ1v) is 14.1. The summed E-state index contributed by atoms with van der Waals surface area (Å²) in [4.78, 5) is 46.2. The minimum absolute atomic E-state index is 0.0124. The Balaban J connectivity index is 1.49. The summed E-state index contributed by atoms with van der Waals surface area (Å²) >= 11 is 0. The van der Waals surface area contributed by atoms with Gasteiger partial charge in [-0.25, -0.2) is 23.2 Å². The number of rotatable bonds is 16. The van der Waals surface area contributed by atoms with Gasteiger partial charge in [-0.15, -0.1) is 4.83 Å². The van der Waals surface area contributed by atoms with Crippen LogP contribution in [0.3, 0.4) is 0 Å². The maximum absolute atomic E-state index is 13.0. The molecule has 0 fully saturated rings. The van der Waals surface area contributed by atoms with E-state index in [1.165, 1.54) is 24.3 Å². The van der Waals surface area contributed by atoms with E-state index in [2.05, 4.69) is 25.4 Å². The Morgan fingerprint density at radius 2 is 1.63 bits per heavy atom. The molecule has 1 aromatic heterocycles. The third kappa shape index (κ3) is 11.5. The standard InChI is InChI=1S/C26H30N6O8S/c33-23(34)11-16-32(31-41(37,38)18-15-30-26(36)40-19-20-5-2-1-3-6-20)24(35)21-7-9-22(10-8-21)39-17-14-29-25-27-12-4-13-28-25/h1-10,12-13,31H,11,14-19H2,(H,30,36)(H,33,34)(H,27,28,29). The second-order valence-corrected chi connectivity index (χ2v) is 10.2. The molecule has 14 nitrogen and oxygen atoms in total. The molecule has 1 heterocycles. The monoisotopic (exact) mass is 586 g/mol. The maximum Gasteiger partial charge on any atom is 0.407 e. The van der Waals surface area contributed by atoms with Crippen LogP contribution in [0.5, 0.6) is 5.75 Å². The highest BCUT2D eigenvalue weighted by Crippen LogP contribution is 2.14.